The van der Waals surface area contributed by atoms with Gasteiger partial charge in [0.2, 0.25) is 12.5 Å². The predicted octanol–water partition coefficient (Wildman–Crippen LogP) is 2.92. The molecule has 1 aromatic carbocycles. The van der Waals surface area contributed by atoms with Crippen molar-refractivity contribution in [2.75, 3.05) is 26.4 Å². The molecule has 0 fully saturated rings. The number of rotatable bonds is 5. The molecule has 0 atom stereocenters. The molecule has 0 saturated carbocycles. The predicted molar refractivity (Wildman–Crippen MR) is 75.9 cm³/mol. The lowest BCUT2D eigenvalue weighted by Gasteiger charge is -2.17. The van der Waals surface area contributed by atoms with Crippen LogP contribution in [0, 0.1) is 5.82 Å². The summed E-state index contributed by atoms with van der Waals surface area (Å²) in [5.41, 5.74) is 1.75. The van der Waals surface area contributed by atoms with Gasteiger partial charge in [-0.2, -0.15) is 0 Å². The van der Waals surface area contributed by atoms with Crippen molar-refractivity contribution >= 4 is 10.9 Å². The molecule has 0 unspecified atom stereocenters. The molecule has 0 aliphatic carbocycles. The summed E-state index contributed by atoms with van der Waals surface area (Å²) in [4.78, 5) is 5.45. The first-order valence-corrected chi connectivity index (χ1v) is 7.05. The van der Waals surface area contributed by atoms with Crippen molar-refractivity contribution in [1.82, 2.24) is 9.88 Å². The fraction of sp³-hybridized carbons (Fsp3) is 0.467. The van der Waals surface area contributed by atoms with Crippen LogP contribution in [0.15, 0.2) is 12.3 Å². The number of halogens is 1. The molecule has 0 radical (unpaired) electrons. The van der Waals surface area contributed by atoms with Gasteiger partial charge in [-0.25, -0.2) is 4.39 Å². The second-order valence-electron chi connectivity index (χ2n) is 4.94. The fourth-order valence-corrected chi connectivity index (χ4v) is 2.68. The first kappa shape index (κ1) is 13.2. The van der Waals surface area contributed by atoms with E-state index in [0.717, 1.165) is 37.1 Å². The molecule has 2 aromatic rings. The van der Waals surface area contributed by atoms with Crippen molar-refractivity contribution in [2.24, 2.45) is 0 Å². The molecule has 1 aliphatic heterocycles. The molecule has 20 heavy (non-hydrogen) atoms. The van der Waals surface area contributed by atoms with E-state index in [4.69, 9.17) is 9.47 Å². The van der Waals surface area contributed by atoms with E-state index in [1.54, 1.807) is 0 Å². The number of likely N-dealkylation sites (N-methyl/N-ethyl adjacent to an activating group) is 1. The zero-order valence-electron chi connectivity index (χ0n) is 11.8. The molecular formula is C15H19FN2O2. The number of hydrogen-bond acceptors (Lipinski definition) is 3. The van der Waals surface area contributed by atoms with E-state index in [-0.39, 0.29) is 18.4 Å². The highest BCUT2D eigenvalue weighted by Crippen LogP contribution is 2.40. The quantitative estimate of drug-likeness (QED) is 0.913. The minimum Gasteiger partial charge on any atom is -0.453 e. The molecule has 1 aromatic heterocycles. The van der Waals surface area contributed by atoms with Crippen molar-refractivity contribution in [1.29, 1.82) is 0 Å². The summed E-state index contributed by atoms with van der Waals surface area (Å²) < 4.78 is 25.0. The van der Waals surface area contributed by atoms with Crippen LogP contribution in [0.25, 0.3) is 10.9 Å². The second-order valence-corrected chi connectivity index (χ2v) is 4.94. The van der Waals surface area contributed by atoms with Gasteiger partial charge >= 0.3 is 0 Å². The molecule has 4 nitrogen and oxygen atoms in total. The minimum absolute atomic E-state index is 0.0909. The Hall–Kier alpha value is -1.75. The first-order valence-electron chi connectivity index (χ1n) is 7.05. The number of benzene rings is 1. The molecule has 3 rings (SSSR count). The molecular weight excluding hydrogens is 259 g/mol. The largest absolute Gasteiger partial charge is 0.453 e. The molecule has 0 amide bonds. The molecule has 0 spiro atoms. The van der Waals surface area contributed by atoms with Crippen LogP contribution in [0.4, 0.5) is 4.39 Å². The van der Waals surface area contributed by atoms with E-state index < -0.39 is 0 Å². The number of fused-ring (bicyclic) bond motifs is 2. The average molecular weight is 278 g/mol. The number of hydrogen-bond donors (Lipinski definition) is 1. The Morgan fingerprint density at radius 3 is 2.85 bits per heavy atom. The van der Waals surface area contributed by atoms with Crippen LogP contribution >= 0.6 is 0 Å². The van der Waals surface area contributed by atoms with Crippen LogP contribution in [-0.2, 0) is 6.42 Å². The summed E-state index contributed by atoms with van der Waals surface area (Å²) >= 11 is 0. The lowest BCUT2D eigenvalue weighted by molar-refractivity contribution is 0.171. The summed E-state index contributed by atoms with van der Waals surface area (Å²) in [5, 5.41) is 0.626. The van der Waals surface area contributed by atoms with Gasteiger partial charge in [0.25, 0.3) is 0 Å². The highest BCUT2D eigenvalue weighted by atomic mass is 19.1. The Labute approximate surface area is 117 Å². The minimum atomic E-state index is -0.314. The van der Waals surface area contributed by atoms with Gasteiger partial charge in [-0.05, 0) is 25.1 Å². The Balaban J connectivity index is 1.93. The van der Waals surface area contributed by atoms with Gasteiger partial charge < -0.3 is 19.4 Å². The van der Waals surface area contributed by atoms with E-state index in [1.807, 2.05) is 12.3 Å². The summed E-state index contributed by atoms with van der Waals surface area (Å²) in [7, 11) is 0. The highest BCUT2D eigenvalue weighted by molar-refractivity contribution is 5.87. The summed E-state index contributed by atoms with van der Waals surface area (Å²) in [6.45, 7) is 7.30. The molecule has 1 N–H and O–H groups in total. The SMILES string of the molecule is CCN(CC)CCc1c[nH]c2cc3c(c(F)c12)OCO3. The lowest BCUT2D eigenvalue weighted by Crippen LogP contribution is -2.25. The van der Waals surface area contributed by atoms with Crippen molar-refractivity contribution in [3.63, 3.8) is 0 Å². The van der Waals surface area contributed by atoms with Crippen LogP contribution in [0.5, 0.6) is 11.5 Å². The molecule has 2 heterocycles. The first-order chi connectivity index (χ1) is 9.74. The Kier molecular flexibility index (Phi) is 3.53. The van der Waals surface area contributed by atoms with E-state index in [0.29, 0.717) is 11.1 Å². The van der Waals surface area contributed by atoms with Gasteiger partial charge in [-0.1, -0.05) is 13.8 Å². The third-order valence-electron chi connectivity index (χ3n) is 3.92. The molecule has 0 saturated heterocycles. The fourth-order valence-electron chi connectivity index (χ4n) is 2.68. The molecule has 5 heteroatoms. The van der Waals surface area contributed by atoms with E-state index in [9.17, 15) is 4.39 Å². The van der Waals surface area contributed by atoms with Crippen molar-refractivity contribution in [3.05, 3.63) is 23.6 Å². The van der Waals surface area contributed by atoms with Crippen LogP contribution in [0.2, 0.25) is 0 Å². The number of H-pyrrole nitrogens is 1. The zero-order chi connectivity index (χ0) is 14.1. The van der Waals surface area contributed by atoms with Crippen molar-refractivity contribution < 1.29 is 13.9 Å². The summed E-state index contributed by atoms with van der Waals surface area (Å²) in [6.07, 6.45) is 2.70. The topological polar surface area (TPSA) is 37.5 Å². The third kappa shape index (κ3) is 2.12. The normalized spacial score (nSPS) is 13.6. The highest BCUT2D eigenvalue weighted by Gasteiger charge is 2.23. The summed E-state index contributed by atoms with van der Waals surface area (Å²) in [5.74, 6) is 0.402. The van der Waals surface area contributed by atoms with E-state index in [1.165, 1.54) is 0 Å². The number of nitrogens with zero attached hydrogens (tertiary/aromatic N) is 1. The maximum Gasteiger partial charge on any atom is 0.231 e. The number of aromatic nitrogens is 1. The van der Waals surface area contributed by atoms with Gasteiger partial charge in [0.1, 0.15) is 0 Å². The van der Waals surface area contributed by atoms with Crippen molar-refractivity contribution in [3.8, 4) is 11.5 Å². The van der Waals surface area contributed by atoms with Crippen LogP contribution in [0.3, 0.4) is 0 Å². The Morgan fingerprint density at radius 2 is 2.10 bits per heavy atom. The number of aromatic amines is 1. The molecule has 1 aliphatic rings. The summed E-state index contributed by atoms with van der Waals surface area (Å²) in [6, 6.07) is 1.81. The monoisotopic (exact) mass is 278 g/mol. The van der Waals surface area contributed by atoms with Gasteiger partial charge in [-0.15, -0.1) is 0 Å². The second kappa shape index (κ2) is 5.32. The molecule has 0 bridgehead atoms. The zero-order valence-corrected chi connectivity index (χ0v) is 11.8. The average Bonchev–Trinajstić information content (AvgIpc) is 3.07. The Morgan fingerprint density at radius 1 is 1.30 bits per heavy atom. The van der Waals surface area contributed by atoms with Gasteiger partial charge in [0.05, 0.1) is 5.52 Å². The van der Waals surface area contributed by atoms with Crippen LogP contribution in [0.1, 0.15) is 19.4 Å². The third-order valence-corrected chi connectivity index (χ3v) is 3.92. The van der Waals surface area contributed by atoms with E-state index >= 15 is 0 Å². The van der Waals surface area contributed by atoms with Crippen LogP contribution < -0.4 is 9.47 Å². The van der Waals surface area contributed by atoms with Crippen molar-refractivity contribution in [2.45, 2.75) is 20.3 Å². The van der Waals surface area contributed by atoms with E-state index in [2.05, 4.69) is 23.7 Å². The lowest BCUT2D eigenvalue weighted by atomic mass is 10.1. The Bertz CT molecular complexity index is 620. The number of nitrogens with one attached hydrogen (secondary N) is 1. The molecule has 108 valence electrons. The maximum absolute atomic E-state index is 14.5. The van der Waals surface area contributed by atoms with Gasteiger partial charge in [0.15, 0.2) is 11.6 Å². The smallest absolute Gasteiger partial charge is 0.231 e. The van der Waals surface area contributed by atoms with Gasteiger partial charge in [-0.3, -0.25) is 0 Å². The number of ether oxygens (including phenoxy) is 2. The standard InChI is InChI=1S/C15H19FN2O2/c1-3-18(4-2)6-5-10-8-17-11-7-12-15(20-9-19-12)14(16)13(10)11/h7-8,17H,3-6,9H2,1-2H3. The van der Waals surface area contributed by atoms with Gasteiger partial charge in [0, 0.05) is 24.2 Å². The van der Waals surface area contributed by atoms with Crippen LogP contribution in [-0.4, -0.2) is 36.3 Å². The maximum atomic E-state index is 14.5.